The van der Waals surface area contributed by atoms with E-state index in [1.165, 1.54) is 5.56 Å². The molecule has 84 valence electrons. The molecule has 0 amide bonds. The highest BCUT2D eigenvalue weighted by Crippen LogP contribution is 2.30. The summed E-state index contributed by atoms with van der Waals surface area (Å²) in [4.78, 5) is 0. The molecule has 2 aromatic rings. The molecule has 3 heteroatoms. The number of hydrogen-bond donors (Lipinski definition) is 1. The predicted octanol–water partition coefficient (Wildman–Crippen LogP) is 3.15. The van der Waals surface area contributed by atoms with E-state index in [-0.39, 0.29) is 11.9 Å². The van der Waals surface area contributed by atoms with Gasteiger partial charge in [0.05, 0.1) is 17.8 Å². The average molecular weight is 216 g/mol. The minimum atomic E-state index is 0.166. The lowest BCUT2D eigenvalue weighted by atomic mass is 10.1. The van der Waals surface area contributed by atoms with E-state index in [0.29, 0.717) is 0 Å². The van der Waals surface area contributed by atoms with Crippen LogP contribution in [-0.2, 0) is 0 Å². The number of hydrogen-bond acceptors (Lipinski definition) is 2. The van der Waals surface area contributed by atoms with Crippen LogP contribution in [0.25, 0.3) is 11.1 Å². The Morgan fingerprint density at radius 3 is 2.31 bits per heavy atom. The molecule has 0 fully saturated rings. The molecule has 1 N–H and O–H groups in total. The van der Waals surface area contributed by atoms with Gasteiger partial charge in [0.15, 0.2) is 0 Å². The average Bonchev–Trinajstić information content (AvgIpc) is 2.61. The van der Waals surface area contributed by atoms with Crippen molar-refractivity contribution in [1.29, 1.82) is 0 Å². The van der Waals surface area contributed by atoms with Gasteiger partial charge in [-0.1, -0.05) is 29.8 Å². The molecule has 0 spiro atoms. The van der Waals surface area contributed by atoms with Gasteiger partial charge in [-0.2, -0.15) is 5.10 Å². The molecule has 0 aliphatic carbocycles. The maximum atomic E-state index is 10.0. The van der Waals surface area contributed by atoms with Gasteiger partial charge >= 0.3 is 0 Å². The van der Waals surface area contributed by atoms with Gasteiger partial charge in [-0.25, -0.2) is 4.68 Å². The summed E-state index contributed by atoms with van der Waals surface area (Å²) in [5.74, 6) is 0.235. The largest absolute Gasteiger partial charge is 0.493 e. The predicted molar refractivity (Wildman–Crippen MR) is 64.4 cm³/mol. The Morgan fingerprint density at radius 2 is 1.81 bits per heavy atom. The zero-order chi connectivity index (χ0) is 11.7. The Balaban J connectivity index is 2.45. The van der Waals surface area contributed by atoms with Crippen molar-refractivity contribution in [2.24, 2.45) is 0 Å². The molecule has 0 aliphatic heterocycles. The fraction of sp³-hybridized carbons (Fsp3) is 0.308. The van der Waals surface area contributed by atoms with E-state index < -0.39 is 0 Å². The van der Waals surface area contributed by atoms with Gasteiger partial charge in [0.1, 0.15) is 0 Å². The van der Waals surface area contributed by atoms with Crippen molar-refractivity contribution in [1.82, 2.24) is 9.78 Å². The molecule has 1 aromatic heterocycles. The van der Waals surface area contributed by atoms with Gasteiger partial charge in [-0.05, 0) is 26.3 Å². The van der Waals surface area contributed by atoms with Crippen LogP contribution < -0.4 is 0 Å². The molecule has 1 aromatic carbocycles. The topological polar surface area (TPSA) is 38.0 Å². The third kappa shape index (κ3) is 1.81. The van der Waals surface area contributed by atoms with E-state index in [9.17, 15) is 5.11 Å². The molecule has 0 radical (unpaired) electrons. The first kappa shape index (κ1) is 10.7. The SMILES string of the molecule is Cc1ccc(-c2cnn(C(C)C)c2O)cc1. The normalized spacial score (nSPS) is 11.0. The van der Waals surface area contributed by atoms with Crippen molar-refractivity contribution in [2.45, 2.75) is 26.8 Å². The summed E-state index contributed by atoms with van der Waals surface area (Å²) in [5.41, 5.74) is 2.99. The minimum absolute atomic E-state index is 0.166. The second-order valence-electron chi connectivity index (χ2n) is 4.29. The van der Waals surface area contributed by atoms with Gasteiger partial charge in [0.2, 0.25) is 5.88 Å². The van der Waals surface area contributed by atoms with Gasteiger partial charge in [-0.15, -0.1) is 0 Å². The molecule has 3 nitrogen and oxygen atoms in total. The summed E-state index contributed by atoms with van der Waals surface area (Å²) in [6, 6.07) is 8.22. The van der Waals surface area contributed by atoms with Gasteiger partial charge in [0, 0.05) is 0 Å². The number of aromatic nitrogens is 2. The lowest BCUT2D eigenvalue weighted by molar-refractivity contribution is 0.379. The van der Waals surface area contributed by atoms with Crippen molar-refractivity contribution >= 4 is 0 Å². The Morgan fingerprint density at radius 1 is 1.19 bits per heavy atom. The molecular weight excluding hydrogens is 200 g/mol. The Bertz CT molecular complexity index is 483. The lowest BCUT2D eigenvalue weighted by Gasteiger charge is -2.07. The van der Waals surface area contributed by atoms with Gasteiger partial charge in [-0.3, -0.25) is 0 Å². The number of aromatic hydroxyl groups is 1. The van der Waals surface area contributed by atoms with Gasteiger partial charge < -0.3 is 5.11 Å². The summed E-state index contributed by atoms with van der Waals surface area (Å²) >= 11 is 0. The molecule has 0 unspecified atom stereocenters. The second kappa shape index (κ2) is 4.00. The van der Waals surface area contributed by atoms with Crippen LogP contribution in [-0.4, -0.2) is 14.9 Å². The summed E-state index contributed by atoms with van der Waals surface area (Å²) in [7, 11) is 0. The van der Waals surface area contributed by atoms with Crippen LogP contribution in [0.1, 0.15) is 25.5 Å². The lowest BCUT2D eigenvalue weighted by Crippen LogP contribution is -2.01. The molecule has 0 aliphatic rings. The van der Waals surface area contributed by atoms with Crippen LogP contribution in [0.5, 0.6) is 5.88 Å². The van der Waals surface area contributed by atoms with E-state index in [1.54, 1.807) is 10.9 Å². The fourth-order valence-electron chi connectivity index (χ4n) is 1.67. The molecule has 0 atom stereocenters. The first-order chi connectivity index (χ1) is 7.59. The van der Waals surface area contributed by atoms with Crippen LogP contribution in [0.4, 0.5) is 0 Å². The molecule has 0 saturated heterocycles. The quantitative estimate of drug-likeness (QED) is 0.837. The van der Waals surface area contributed by atoms with Crippen molar-refractivity contribution < 1.29 is 5.11 Å². The van der Waals surface area contributed by atoms with Gasteiger partial charge in [0.25, 0.3) is 0 Å². The second-order valence-corrected chi connectivity index (χ2v) is 4.29. The molecule has 0 saturated carbocycles. The smallest absolute Gasteiger partial charge is 0.217 e. The third-order valence-corrected chi connectivity index (χ3v) is 2.62. The number of benzene rings is 1. The fourth-order valence-corrected chi connectivity index (χ4v) is 1.67. The molecule has 1 heterocycles. The zero-order valence-corrected chi connectivity index (χ0v) is 9.81. The molecule has 2 rings (SSSR count). The number of rotatable bonds is 2. The molecular formula is C13H16N2O. The highest BCUT2D eigenvalue weighted by Gasteiger charge is 2.12. The highest BCUT2D eigenvalue weighted by atomic mass is 16.3. The maximum Gasteiger partial charge on any atom is 0.217 e. The Hall–Kier alpha value is -1.77. The summed E-state index contributed by atoms with van der Waals surface area (Å²) < 4.78 is 1.62. The van der Waals surface area contributed by atoms with E-state index >= 15 is 0 Å². The number of nitrogens with zero attached hydrogens (tertiary/aromatic N) is 2. The maximum absolute atomic E-state index is 10.0. The monoisotopic (exact) mass is 216 g/mol. The zero-order valence-electron chi connectivity index (χ0n) is 9.81. The minimum Gasteiger partial charge on any atom is -0.493 e. The van der Waals surface area contributed by atoms with Crippen LogP contribution in [0.3, 0.4) is 0 Å². The highest BCUT2D eigenvalue weighted by molar-refractivity contribution is 5.67. The third-order valence-electron chi connectivity index (χ3n) is 2.62. The van der Waals surface area contributed by atoms with Crippen LogP contribution in [0.15, 0.2) is 30.5 Å². The number of aryl methyl sites for hydroxylation is 1. The van der Waals surface area contributed by atoms with E-state index in [0.717, 1.165) is 11.1 Å². The van der Waals surface area contributed by atoms with Crippen LogP contribution in [0, 0.1) is 6.92 Å². The van der Waals surface area contributed by atoms with Crippen LogP contribution in [0.2, 0.25) is 0 Å². The summed E-state index contributed by atoms with van der Waals surface area (Å²) in [6.45, 7) is 6.03. The van der Waals surface area contributed by atoms with E-state index in [2.05, 4.69) is 5.10 Å². The van der Waals surface area contributed by atoms with Crippen LogP contribution >= 0.6 is 0 Å². The standard InChI is InChI=1S/C13H16N2O/c1-9(2)15-13(16)12(8-14-15)11-6-4-10(3)5-7-11/h4-9,16H,1-3H3. The van der Waals surface area contributed by atoms with E-state index in [1.807, 2.05) is 45.0 Å². The summed E-state index contributed by atoms with van der Waals surface area (Å²) in [5, 5.41) is 14.2. The first-order valence-corrected chi connectivity index (χ1v) is 5.43. The van der Waals surface area contributed by atoms with Crippen molar-refractivity contribution in [3.05, 3.63) is 36.0 Å². The Kier molecular flexibility index (Phi) is 2.69. The van der Waals surface area contributed by atoms with E-state index in [4.69, 9.17) is 0 Å². The van der Waals surface area contributed by atoms with Crippen molar-refractivity contribution in [3.8, 4) is 17.0 Å². The molecule has 16 heavy (non-hydrogen) atoms. The molecule has 0 bridgehead atoms. The van der Waals surface area contributed by atoms with Crippen molar-refractivity contribution in [2.75, 3.05) is 0 Å². The Labute approximate surface area is 95.3 Å². The summed E-state index contributed by atoms with van der Waals surface area (Å²) in [6.07, 6.45) is 1.71. The first-order valence-electron chi connectivity index (χ1n) is 5.43. The van der Waals surface area contributed by atoms with Crippen molar-refractivity contribution in [3.63, 3.8) is 0 Å².